The third-order valence-electron chi connectivity index (χ3n) is 4.60. The highest BCUT2D eigenvalue weighted by Gasteiger charge is 2.48. The van der Waals surface area contributed by atoms with Crippen molar-refractivity contribution < 1.29 is 27.9 Å². The summed E-state index contributed by atoms with van der Waals surface area (Å²) in [7, 11) is 1.42. The number of aliphatic hydroxyl groups excluding tert-OH is 1. The first kappa shape index (κ1) is 19.2. The van der Waals surface area contributed by atoms with Crippen LogP contribution in [-0.4, -0.2) is 58.6 Å². The van der Waals surface area contributed by atoms with Crippen LogP contribution in [0.5, 0.6) is 0 Å². The second-order valence-electron chi connectivity index (χ2n) is 6.20. The zero-order valence-corrected chi connectivity index (χ0v) is 14.0. The molecule has 3 unspecified atom stereocenters. The highest BCUT2D eigenvalue weighted by atomic mass is 19.4. The Morgan fingerprint density at radius 3 is 2.44 bits per heavy atom. The van der Waals surface area contributed by atoms with Gasteiger partial charge in [0, 0.05) is 13.6 Å². The summed E-state index contributed by atoms with van der Waals surface area (Å²) >= 11 is 0. The van der Waals surface area contributed by atoms with E-state index in [4.69, 9.17) is 0 Å². The number of halogens is 3. The van der Waals surface area contributed by atoms with Gasteiger partial charge in [0.1, 0.15) is 6.04 Å². The molecule has 1 aromatic carbocycles. The van der Waals surface area contributed by atoms with Crippen molar-refractivity contribution in [1.29, 1.82) is 0 Å². The maximum atomic E-state index is 12.7. The van der Waals surface area contributed by atoms with E-state index in [0.29, 0.717) is 16.9 Å². The van der Waals surface area contributed by atoms with Crippen LogP contribution in [0.15, 0.2) is 30.3 Å². The lowest BCUT2D eigenvalue weighted by Gasteiger charge is -2.34. The van der Waals surface area contributed by atoms with E-state index in [1.165, 1.54) is 11.9 Å². The predicted octanol–water partition coefficient (Wildman–Crippen LogP) is 2.12. The number of hydrogen-bond donors (Lipinski definition) is 1. The van der Waals surface area contributed by atoms with Gasteiger partial charge in [-0.1, -0.05) is 30.3 Å². The molecule has 1 aliphatic heterocycles. The Balaban J connectivity index is 2.11. The van der Waals surface area contributed by atoms with Crippen molar-refractivity contribution in [2.24, 2.45) is 0 Å². The van der Waals surface area contributed by atoms with Crippen LogP contribution in [0.3, 0.4) is 0 Å². The van der Waals surface area contributed by atoms with Crippen molar-refractivity contribution in [2.45, 2.75) is 44.1 Å². The van der Waals surface area contributed by atoms with Crippen molar-refractivity contribution >= 4 is 11.8 Å². The summed E-state index contributed by atoms with van der Waals surface area (Å²) < 4.78 is 38.1. The van der Waals surface area contributed by atoms with Gasteiger partial charge in [0.25, 0.3) is 0 Å². The molecule has 5 nitrogen and oxygen atoms in total. The lowest BCUT2D eigenvalue weighted by atomic mass is 10.0. The quantitative estimate of drug-likeness (QED) is 0.897. The number of carbonyl (C=O) groups is 2. The van der Waals surface area contributed by atoms with E-state index < -0.39 is 36.2 Å². The first-order chi connectivity index (χ1) is 11.6. The van der Waals surface area contributed by atoms with Gasteiger partial charge < -0.3 is 14.9 Å². The first-order valence-corrected chi connectivity index (χ1v) is 8.02. The molecule has 0 spiro atoms. The number of hydrogen-bond acceptors (Lipinski definition) is 3. The van der Waals surface area contributed by atoms with Gasteiger partial charge >= 0.3 is 12.1 Å². The maximum absolute atomic E-state index is 12.7. The molecule has 1 N–H and O–H groups in total. The highest BCUT2D eigenvalue weighted by Crippen LogP contribution is 2.28. The Morgan fingerprint density at radius 2 is 1.88 bits per heavy atom. The normalized spacial score (nSPS) is 20.2. The molecule has 0 aromatic heterocycles. The molecule has 8 heteroatoms. The second kappa shape index (κ2) is 7.43. The van der Waals surface area contributed by atoms with Crippen LogP contribution >= 0.6 is 0 Å². The number of likely N-dealkylation sites (N-methyl/N-ethyl adjacent to an activating group) is 1. The number of rotatable bonds is 4. The molecule has 1 aromatic rings. The minimum atomic E-state index is -5.00. The minimum absolute atomic E-state index is 0.0990. The van der Waals surface area contributed by atoms with Gasteiger partial charge in [0.05, 0.1) is 12.1 Å². The lowest BCUT2D eigenvalue weighted by Crippen LogP contribution is -2.52. The van der Waals surface area contributed by atoms with Crippen LogP contribution in [0, 0.1) is 0 Å². The predicted molar refractivity (Wildman–Crippen MR) is 84.4 cm³/mol. The molecule has 0 radical (unpaired) electrons. The van der Waals surface area contributed by atoms with Gasteiger partial charge in [0.15, 0.2) is 0 Å². The zero-order valence-electron chi connectivity index (χ0n) is 14.0. The number of benzene rings is 1. The van der Waals surface area contributed by atoms with Crippen molar-refractivity contribution in [3.8, 4) is 0 Å². The van der Waals surface area contributed by atoms with Gasteiger partial charge in [-0.2, -0.15) is 13.2 Å². The minimum Gasteiger partial charge on any atom is -0.386 e. The molecule has 1 fully saturated rings. The number of alkyl halides is 3. The molecule has 2 rings (SSSR count). The Hall–Kier alpha value is -2.09. The van der Waals surface area contributed by atoms with Gasteiger partial charge in [-0.05, 0) is 25.3 Å². The topological polar surface area (TPSA) is 60.9 Å². The molecule has 3 atom stereocenters. The third kappa shape index (κ3) is 4.12. The van der Waals surface area contributed by atoms with E-state index in [9.17, 15) is 27.9 Å². The molecule has 2 amide bonds. The van der Waals surface area contributed by atoms with Gasteiger partial charge in [0.2, 0.25) is 5.91 Å². The smallest absolute Gasteiger partial charge is 0.386 e. The molecule has 1 heterocycles. The van der Waals surface area contributed by atoms with Crippen LogP contribution in [-0.2, 0) is 9.59 Å². The largest absolute Gasteiger partial charge is 0.471 e. The van der Waals surface area contributed by atoms with Crippen LogP contribution < -0.4 is 0 Å². The van der Waals surface area contributed by atoms with Crippen molar-refractivity contribution in [3.05, 3.63) is 35.9 Å². The fraction of sp³-hybridized carbons (Fsp3) is 0.529. The lowest BCUT2D eigenvalue weighted by molar-refractivity contribution is -0.187. The van der Waals surface area contributed by atoms with E-state index in [0.717, 1.165) is 0 Å². The fourth-order valence-corrected chi connectivity index (χ4v) is 3.01. The average molecular weight is 358 g/mol. The van der Waals surface area contributed by atoms with Crippen LogP contribution in [0.2, 0.25) is 0 Å². The van der Waals surface area contributed by atoms with Gasteiger partial charge in [-0.25, -0.2) is 0 Å². The standard InChI is InChI=1S/C17H21F3N2O3/c1-11(14(23)12-7-4-3-5-8-12)21(2)15(24)13-9-6-10-22(13)16(25)17(18,19)20/h3-5,7-8,11,13-14,23H,6,9-10H2,1-2H3. The van der Waals surface area contributed by atoms with Crippen molar-refractivity contribution in [1.82, 2.24) is 9.80 Å². The monoisotopic (exact) mass is 358 g/mol. The molecule has 0 bridgehead atoms. The summed E-state index contributed by atoms with van der Waals surface area (Å²) in [5.41, 5.74) is 0.601. The third-order valence-corrected chi connectivity index (χ3v) is 4.60. The molecule has 0 aliphatic carbocycles. The second-order valence-corrected chi connectivity index (χ2v) is 6.20. The van der Waals surface area contributed by atoms with E-state index in [-0.39, 0.29) is 13.0 Å². The van der Waals surface area contributed by atoms with Gasteiger partial charge in [-0.3, -0.25) is 9.59 Å². The molecule has 0 saturated carbocycles. The van der Waals surface area contributed by atoms with Crippen molar-refractivity contribution in [2.75, 3.05) is 13.6 Å². The highest BCUT2D eigenvalue weighted by molar-refractivity contribution is 5.90. The van der Waals surface area contributed by atoms with Gasteiger partial charge in [-0.15, -0.1) is 0 Å². The summed E-state index contributed by atoms with van der Waals surface area (Å²) in [4.78, 5) is 25.9. The van der Waals surface area contributed by atoms with E-state index in [2.05, 4.69) is 0 Å². The number of carbonyl (C=O) groups excluding carboxylic acids is 2. The zero-order chi connectivity index (χ0) is 18.8. The van der Waals surface area contributed by atoms with E-state index in [1.54, 1.807) is 37.3 Å². The number of likely N-dealkylation sites (tertiary alicyclic amines) is 1. The Morgan fingerprint density at radius 1 is 1.28 bits per heavy atom. The number of amides is 2. The summed E-state index contributed by atoms with van der Waals surface area (Å²) in [5, 5.41) is 10.4. The first-order valence-electron chi connectivity index (χ1n) is 8.02. The SMILES string of the molecule is CC(C(O)c1ccccc1)N(C)C(=O)C1CCCN1C(=O)C(F)(F)F. The summed E-state index contributed by atoms with van der Waals surface area (Å²) in [6, 6.07) is 6.88. The molecule has 138 valence electrons. The van der Waals surface area contributed by atoms with Crippen molar-refractivity contribution in [3.63, 3.8) is 0 Å². The Bertz CT molecular complexity index is 621. The maximum Gasteiger partial charge on any atom is 0.471 e. The summed E-state index contributed by atoms with van der Waals surface area (Å²) in [6.07, 6.45) is -5.47. The number of nitrogens with zero attached hydrogens (tertiary/aromatic N) is 2. The number of aliphatic hydroxyl groups is 1. The van der Waals surface area contributed by atoms with Crippen LogP contribution in [0.4, 0.5) is 13.2 Å². The molecular formula is C17H21F3N2O3. The molecular weight excluding hydrogens is 337 g/mol. The summed E-state index contributed by atoms with van der Waals surface area (Å²) in [6.45, 7) is 1.51. The van der Waals surface area contributed by atoms with E-state index >= 15 is 0 Å². The molecule has 25 heavy (non-hydrogen) atoms. The van der Waals surface area contributed by atoms with E-state index in [1.807, 2.05) is 0 Å². The van der Waals surface area contributed by atoms with Crippen LogP contribution in [0.25, 0.3) is 0 Å². The Labute approximate surface area is 144 Å². The fourth-order valence-electron chi connectivity index (χ4n) is 3.01. The molecule has 1 saturated heterocycles. The van der Waals surface area contributed by atoms with Crippen LogP contribution in [0.1, 0.15) is 31.4 Å². The average Bonchev–Trinajstić information content (AvgIpc) is 3.07. The summed E-state index contributed by atoms with van der Waals surface area (Å²) in [5.74, 6) is -2.59. The molecule has 1 aliphatic rings. The Kier molecular flexibility index (Phi) is 5.72.